The number of pyridine rings is 2. The van der Waals surface area contributed by atoms with Gasteiger partial charge in [-0.1, -0.05) is 71.7 Å². The van der Waals surface area contributed by atoms with Gasteiger partial charge in [0.25, 0.3) is 5.91 Å². The van der Waals surface area contributed by atoms with Gasteiger partial charge in [0.05, 0.1) is 26.8 Å². The number of carbonyl (C=O) groups is 2. The van der Waals surface area contributed by atoms with E-state index in [9.17, 15) is 9.59 Å². The predicted molar refractivity (Wildman–Crippen MR) is 142 cm³/mol. The van der Waals surface area contributed by atoms with Crippen molar-refractivity contribution in [3.05, 3.63) is 99.3 Å². The third-order valence-corrected chi connectivity index (χ3v) is 6.48. The number of aromatic nitrogens is 2. The SMILES string of the molecule is C[C@H](OC(=O)c1c2c(nc3ccccc13)/C(=C\c1ccccc1)CC2)C(=O)Nc1ncc(Cl)cc1Cl. The quantitative estimate of drug-likeness (QED) is 0.301. The Bertz CT molecular complexity index is 1520. The second kappa shape index (κ2) is 10.1. The van der Waals surface area contributed by atoms with Crippen LogP contribution in [0.3, 0.4) is 0 Å². The first-order chi connectivity index (χ1) is 17.4. The molecule has 6 nitrogen and oxygen atoms in total. The number of para-hydroxylation sites is 1. The maximum Gasteiger partial charge on any atom is 0.339 e. The van der Waals surface area contributed by atoms with E-state index >= 15 is 0 Å². The minimum atomic E-state index is -1.09. The fraction of sp³-hybridized carbons (Fsp3) is 0.143. The van der Waals surface area contributed by atoms with Crippen LogP contribution in [0.4, 0.5) is 5.82 Å². The summed E-state index contributed by atoms with van der Waals surface area (Å²) in [6.45, 7) is 1.50. The summed E-state index contributed by atoms with van der Waals surface area (Å²) in [5.41, 5.74) is 4.88. The molecular weight excluding hydrogens is 497 g/mol. The maximum absolute atomic E-state index is 13.5. The zero-order chi connectivity index (χ0) is 25.2. The van der Waals surface area contributed by atoms with Gasteiger partial charge >= 0.3 is 5.97 Å². The number of carbonyl (C=O) groups excluding carboxylic acids is 2. The number of nitrogens with one attached hydrogen (secondary N) is 1. The van der Waals surface area contributed by atoms with Crippen LogP contribution in [0.25, 0.3) is 22.6 Å². The molecule has 0 bridgehead atoms. The van der Waals surface area contributed by atoms with Gasteiger partial charge in [0.2, 0.25) is 0 Å². The van der Waals surface area contributed by atoms with E-state index in [2.05, 4.69) is 16.4 Å². The van der Waals surface area contributed by atoms with E-state index in [1.807, 2.05) is 54.6 Å². The number of allylic oxidation sites excluding steroid dienone is 1. The minimum Gasteiger partial charge on any atom is -0.449 e. The van der Waals surface area contributed by atoms with Crippen LogP contribution in [0.2, 0.25) is 10.0 Å². The fourth-order valence-electron chi connectivity index (χ4n) is 4.26. The Balaban J connectivity index is 1.45. The molecule has 4 aromatic rings. The van der Waals surface area contributed by atoms with Crippen molar-refractivity contribution in [2.24, 2.45) is 0 Å². The molecule has 0 aliphatic heterocycles. The Kier molecular flexibility index (Phi) is 6.72. The van der Waals surface area contributed by atoms with Gasteiger partial charge in [-0.3, -0.25) is 4.79 Å². The molecule has 0 saturated carbocycles. The second-order valence-corrected chi connectivity index (χ2v) is 9.28. The molecule has 1 aliphatic carbocycles. The second-order valence-electron chi connectivity index (χ2n) is 8.43. The first-order valence-corrected chi connectivity index (χ1v) is 12.2. The number of ether oxygens (including phenoxy) is 1. The Hall–Kier alpha value is -3.74. The summed E-state index contributed by atoms with van der Waals surface area (Å²) in [6.07, 6.45) is 3.79. The molecule has 2 heterocycles. The summed E-state index contributed by atoms with van der Waals surface area (Å²) in [5, 5.41) is 3.80. The van der Waals surface area contributed by atoms with Crippen molar-refractivity contribution in [3.8, 4) is 0 Å². The number of amides is 1. The van der Waals surface area contributed by atoms with Gasteiger partial charge < -0.3 is 10.1 Å². The first-order valence-electron chi connectivity index (χ1n) is 11.4. The molecule has 0 spiro atoms. The maximum atomic E-state index is 13.5. The molecule has 180 valence electrons. The van der Waals surface area contributed by atoms with E-state index in [-0.39, 0.29) is 10.8 Å². The van der Waals surface area contributed by atoms with Gasteiger partial charge in [-0.25, -0.2) is 14.8 Å². The summed E-state index contributed by atoms with van der Waals surface area (Å²) in [5.74, 6) is -0.997. The third-order valence-electron chi connectivity index (χ3n) is 5.99. The highest BCUT2D eigenvalue weighted by Crippen LogP contribution is 2.38. The monoisotopic (exact) mass is 517 g/mol. The molecule has 8 heteroatoms. The lowest BCUT2D eigenvalue weighted by Gasteiger charge is -2.16. The number of nitrogens with zero attached hydrogens (tertiary/aromatic N) is 2. The largest absolute Gasteiger partial charge is 0.449 e. The highest BCUT2D eigenvalue weighted by atomic mass is 35.5. The summed E-state index contributed by atoms with van der Waals surface area (Å²) in [6, 6.07) is 18.9. The lowest BCUT2D eigenvalue weighted by Crippen LogP contribution is -2.30. The van der Waals surface area contributed by atoms with Gasteiger partial charge in [0, 0.05) is 11.6 Å². The van der Waals surface area contributed by atoms with E-state index in [4.69, 9.17) is 32.9 Å². The average molecular weight is 518 g/mol. The molecule has 2 aromatic heterocycles. The van der Waals surface area contributed by atoms with E-state index in [0.29, 0.717) is 27.9 Å². The molecule has 1 N–H and O–H groups in total. The van der Waals surface area contributed by atoms with Crippen molar-refractivity contribution >= 4 is 63.4 Å². The van der Waals surface area contributed by atoms with Crippen LogP contribution in [-0.2, 0) is 16.0 Å². The lowest BCUT2D eigenvalue weighted by atomic mass is 10.0. The molecule has 0 radical (unpaired) electrons. The van der Waals surface area contributed by atoms with Crippen LogP contribution in [0.5, 0.6) is 0 Å². The number of halogens is 2. The summed E-state index contributed by atoms with van der Waals surface area (Å²) in [7, 11) is 0. The Morgan fingerprint density at radius 1 is 1.06 bits per heavy atom. The number of hydrogen-bond donors (Lipinski definition) is 1. The van der Waals surface area contributed by atoms with Crippen molar-refractivity contribution in [3.63, 3.8) is 0 Å². The smallest absolute Gasteiger partial charge is 0.339 e. The molecule has 1 amide bonds. The molecule has 2 aromatic carbocycles. The van der Waals surface area contributed by atoms with Crippen LogP contribution >= 0.6 is 23.2 Å². The molecule has 36 heavy (non-hydrogen) atoms. The number of fused-ring (bicyclic) bond motifs is 2. The van der Waals surface area contributed by atoms with Crippen LogP contribution in [-0.4, -0.2) is 27.9 Å². The standard InChI is InChI=1S/C28H21Cl2N3O3/c1-16(27(34)33-26-22(30)14-19(29)15-31-26)36-28(35)24-20-9-5-6-10-23(20)32-25-18(11-12-21(24)25)13-17-7-3-2-4-8-17/h2-10,13-16H,11-12H2,1H3,(H,31,33,34)/b18-13-/t16-/m0/s1. The zero-order valence-corrected chi connectivity index (χ0v) is 20.8. The van der Waals surface area contributed by atoms with Crippen molar-refractivity contribution in [1.29, 1.82) is 0 Å². The predicted octanol–water partition coefficient (Wildman–Crippen LogP) is 6.61. The van der Waals surface area contributed by atoms with Gasteiger partial charge in [0.15, 0.2) is 11.9 Å². The molecule has 1 atom stereocenters. The molecule has 0 fully saturated rings. The van der Waals surface area contributed by atoms with E-state index < -0.39 is 18.0 Å². The van der Waals surface area contributed by atoms with Gasteiger partial charge in [-0.15, -0.1) is 0 Å². The van der Waals surface area contributed by atoms with Crippen molar-refractivity contribution < 1.29 is 14.3 Å². The molecular formula is C28H21Cl2N3O3. The van der Waals surface area contributed by atoms with E-state index in [0.717, 1.165) is 28.8 Å². The lowest BCUT2D eigenvalue weighted by molar-refractivity contribution is -0.123. The molecule has 1 aliphatic rings. The Morgan fingerprint density at radius 3 is 2.58 bits per heavy atom. The summed E-state index contributed by atoms with van der Waals surface area (Å²) < 4.78 is 5.63. The zero-order valence-electron chi connectivity index (χ0n) is 19.3. The Morgan fingerprint density at radius 2 is 1.81 bits per heavy atom. The fourth-order valence-corrected chi connectivity index (χ4v) is 4.69. The average Bonchev–Trinajstić information content (AvgIpc) is 3.26. The highest BCUT2D eigenvalue weighted by Gasteiger charge is 2.29. The van der Waals surface area contributed by atoms with Gasteiger partial charge in [-0.2, -0.15) is 0 Å². The van der Waals surface area contributed by atoms with Crippen molar-refractivity contribution in [2.75, 3.05) is 5.32 Å². The number of hydrogen-bond acceptors (Lipinski definition) is 5. The number of esters is 1. The number of anilines is 1. The van der Waals surface area contributed by atoms with Gasteiger partial charge in [0.1, 0.15) is 0 Å². The molecule has 0 unspecified atom stereocenters. The molecule has 5 rings (SSSR count). The van der Waals surface area contributed by atoms with Crippen LogP contribution in [0.15, 0.2) is 66.9 Å². The van der Waals surface area contributed by atoms with E-state index in [1.54, 1.807) is 0 Å². The first kappa shape index (κ1) is 24.0. The van der Waals surface area contributed by atoms with Crippen molar-refractivity contribution in [2.45, 2.75) is 25.9 Å². The van der Waals surface area contributed by atoms with Crippen LogP contribution < -0.4 is 5.32 Å². The summed E-state index contributed by atoms with van der Waals surface area (Å²) in [4.78, 5) is 35.1. The van der Waals surface area contributed by atoms with Crippen molar-refractivity contribution in [1.82, 2.24) is 9.97 Å². The van der Waals surface area contributed by atoms with E-state index in [1.165, 1.54) is 19.2 Å². The number of benzene rings is 2. The normalized spacial score (nSPS) is 14.5. The third kappa shape index (κ3) is 4.83. The minimum absolute atomic E-state index is 0.139. The van der Waals surface area contributed by atoms with Crippen LogP contribution in [0.1, 0.15) is 40.5 Å². The van der Waals surface area contributed by atoms with Gasteiger partial charge in [-0.05, 0) is 54.7 Å². The van der Waals surface area contributed by atoms with Crippen LogP contribution in [0, 0.1) is 0 Å². The topological polar surface area (TPSA) is 81.2 Å². The Labute approximate surface area is 217 Å². The molecule has 0 saturated heterocycles. The number of rotatable bonds is 5. The highest BCUT2D eigenvalue weighted by molar-refractivity contribution is 6.36. The summed E-state index contributed by atoms with van der Waals surface area (Å²) >= 11 is 12.0.